The van der Waals surface area contributed by atoms with Crippen LogP contribution in [0.2, 0.25) is 0 Å². The van der Waals surface area contributed by atoms with E-state index in [1.807, 2.05) is 0 Å². The van der Waals surface area contributed by atoms with E-state index in [0.717, 1.165) is 13.0 Å². The largest absolute Gasteiger partial charge is 0.373 e. The van der Waals surface area contributed by atoms with E-state index in [1.165, 1.54) is 24.0 Å². The highest BCUT2D eigenvalue weighted by molar-refractivity contribution is 5.21. The molecule has 3 aliphatic rings. The fourth-order valence-corrected chi connectivity index (χ4v) is 4.10. The predicted molar refractivity (Wildman–Crippen MR) is 80.7 cm³/mol. The molecule has 0 aromatic heterocycles. The third kappa shape index (κ3) is 2.64. The molecule has 2 nitrogen and oxygen atoms in total. The van der Waals surface area contributed by atoms with Crippen LogP contribution in [-0.4, -0.2) is 17.3 Å². The lowest BCUT2D eigenvalue weighted by molar-refractivity contribution is -0.273. The Hall–Kier alpha value is -0.860. The molecule has 4 rings (SSSR count). The number of benzene rings is 1. The normalized spacial score (nSPS) is 35.2. The molecule has 3 atom stereocenters. The summed E-state index contributed by atoms with van der Waals surface area (Å²) in [6.45, 7) is 9.53. The van der Waals surface area contributed by atoms with Gasteiger partial charge in [0, 0.05) is 12.3 Å². The Morgan fingerprint density at radius 3 is 2.75 bits per heavy atom. The van der Waals surface area contributed by atoms with Crippen LogP contribution < -0.4 is 0 Å². The Morgan fingerprint density at radius 2 is 2.10 bits per heavy atom. The van der Waals surface area contributed by atoms with E-state index in [4.69, 9.17) is 9.47 Å². The number of rotatable bonds is 3. The summed E-state index contributed by atoms with van der Waals surface area (Å²) in [5.41, 5.74) is 2.53. The second kappa shape index (κ2) is 4.85. The Morgan fingerprint density at radius 1 is 1.30 bits per heavy atom. The van der Waals surface area contributed by atoms with Crippen LogP contribution >= 0.6 is 0 Å². The van der Waals surface area contributed by atoms with Crippen LogP contribution in [-0.2, 0) is 16.1 Å². The van der Waals surface area contributed by atoms with Gasteiger partial charge in [-0.3, -0.25) is 0 Å². The molecule has 1 saturated carbocycles. The van der Waals surface area contributed by atoms with Gasteiger partial charge in [0.05, 0.1) is 23.9 Å². The van der Waals surface area contributed by atoms with Crippen LogP contribution in [0.15, 0.2) is 24.3 Å². The van der Waals surface area contributed by atoms with Crippen molar-refractivity contribution in [2.24, 2.45) is 5.92 Å². The summed E-state index contributed by atoms with van der Waals surface area (Å²) in [7, 11) is 0. The summed E-state index contributed by atoms with van der Waals surface area (Å²) in [6, 6.07) is 8.60. The van der Waals surface area contributed by atoms with Crippen molar-refractivity contribution >= 4 is 0 Å². The predicted octanol–water partition coefficient (Wildman–Crippen LogP) is 4.25. The number of fused-ring (bicyclic) bond motifs is 3. The van der Waals surface area contributed by atoms with E-state index in [0.29, 0.717) is 12.0 Å². The van der Waals surface area contributed by atoms with Gasteiger partial charge in [-0.15, -0.1) is 0 Å². The second-order valence-corrected chi connectivity index (χ2v) is 7.34. The zero-order chi connectivity index (χ0) is 14.4. The lowest BCUT2D eigenvalue weighted by Crippen LogP contribution is -2.60. The van der Waals surface area contributed by atoms with Gasteiger partial charge in [0.25, 0.3) is 0 Å². The van der Waals surface area contributed by atoms with Crippen molar-refractivity contribution in [2.75, 3.05) is 0 Å². The molecule has 1 aliphatic carbocycles. The molecule has 0 N–H and O–H groups in total. The average Bonchev–Trinajstić information content (AvgIpc) is 2.34. The van der Waals surface area contributed by atoms with Crippen molar-refractivity contribution in [2.45, 2.75) is 70.9 Å². The van der Waals surface area contributed by atoms with Gasteiger partial charge in [0.1, 0.15) is 0 Å². The maximum Gasteiger partial charge on any atom is 0.0720 e. The van der Waals surface area contributed by atoms with Crippen molar-refractivity contribution in [3.8, 4) is 0 Å². The Balaban J connectivity index is 1.69. The van der Waals surface area contributed by atoms with E-state index in [-0.39, 0.29) is 11.2 Å². The van der Waals surface area contributed by atoms with Gasteiger partial charge >= 0.3 is 0 Å². The van der Waals surface area contributed by atoms with Crippen LogP contribution in [0.5, 0.6) is 0 Å². The molecular formula is C18H26O2. The van der Waals surface area contributed by atoms with Crippen molar-refractivity contribution in [1.82, 2.24) is 0 Å². The maximum atomic E-state index is 6.28. The highest BCUT2D eigenvalue weighted by Crippen LogP contribution is 2.50. The lowest BCUT2D eigenvalue weighted by atomic mass is 9.67. The average molecular weight is 274 g/mol. The van der Waals surface area contributed by atoms with Gasteiger partial charge in [-0.1, -0.05) is 29.8 Å². The van der Waals surface area contributed by atoms with E-state index in [2.05, 4.69) is 52.0 Å². The smallest absolute Gasteiger partial charge is 0.0720 e. The summed E-state index contributed by atoms with van der Waals surface area (Å²) in [5, 5.41) is 0. The SMILES string of the molecule is Cc1cccc(CO[C@@H]2C[C@@]3(C)CC[C@@H]2C(C)(C)O3)c1. The first-order chi connectivity index (χ1) is 9.38. The van der Waals surface area contributed by atoms with Crippen LogP contribution in [0.25, 0.3) is 0 Å². The number of ether oxygens (including phenoxy) is 2. The maximum absolute atomic E-state index is 6.28. The summed E-state index contributed by atoms with van der Waals surface area (Å²) in [5.74, 6) is 0.522. The molecule has 0 radical (unpaired) electrons. The fraction of sp³-hybridized carbons (Fsp3) is 0.667. The minimum absolute atomic E-state index is 0.00945. The van der Waals surface area contributed by atoms with E-state index in [9.17, 15) is 0 Å². The highest BCUT2D eigenvalue weighted by atomic mass is 16.5. The summed E-state index contributed by atoms with van der Waals surface area (Å²) in [6.07, 6.45) is 3.76. The summed E-state index contributed by atoms with van der Waals surface area (Å²) >= 11 is 0. The fourth-order valence-electron chi connectivity index (χ4n) is 4.10. The van der Waals surface area contributed by atoms with E-state index in [1.54, 1.807) is 0 Å². The first-order valence-corrected chi connectivity index (χ1v) is 7.75. The van der Waals surface area contributed by atoms with Gasteiger partial charge in [-0.2, -0.15) is 0 Å². The van der Waals surface area contributed by atoms with E-state index < -0.39 is 0 Å². The molecular weight excluding hydrogens is 248 g/mol. The number of hydrogen-bond acceptors (Lipinski definition) is 2. The topological polar surface area (TPSA) is 18.5 Å². The zero-order valence-corrected chi connectivity index (χ0v) is 13.1. The van der Waals surface area contributed by atoms with Gasteiger partial charge < -0.3 is 9.47 Å². The molecule has 1 aromatic carbocycles. The third-order valence-electron chi connectivity index (χ3n) is 5.01. The molecule has 0 unspecified atom stereocenters. The van der Waals surface area contributed by atoms with E-state index >= 15 is 0 Å². The lowest BCUT2D eigenvalue weighted by Gasteiger charge is -2.57. The molecule has 110 valence electrons. The molecule has 1 aromatic rings. The number of aryl methyl sites for hydroxylation is 1. The first kappa shape index (κ1) is 14.1. The molecule has 0 spiro atoms. The monoisotopic (exact) mass is 274 g/mol. The van der Waals surface area contributed by atoms with Gasteiger partial charge in [-0.05, 0) is 46.1 Å². The standard InChI is InChI=1S/C18H26O2/c1-13-6-5-7-14(10-13)12-19-16-11-18(4)9-8-15(16)17(2,3)20-18/h5-7,10,15-16H,8-9,11-12H2,1-4H3/t15-,16+,18+/m0/s1. The summed E-state index contributed by atoms with van der Waals surface area (Å²) in [4.78, 5) is 0. The molecule has 3 fully saturated rings. The summed E-state index contributed by atoms with van der Waals surface area (Å²) < 4.78 is 12.6. The minimum atomic E-state index is -0.0531. The Bertz CT molecular complexity index is 491. The van der Waals surface area contributed by atoms with Gasteiger partial charge in [0.15, 0.2) is 0 Å². The van der Waals surface area contributed by atoms with Crippen LogP contribution in [0.3, 0.4) is 0 Å². The van der Waals surface area contributed by atoms with Crippen molar-refractivity contribution < 1.29 is 9.47 Å². The molecule has 0 amide bonds. The second-order valence-electron chi connectivity index (χ2n) is 7.34. The van der Waals surface area contributed by atoms with Crippen LogP contribution in [0.1, 0.15) is 51.2 Å². The first-order valence-electron chi connectivity index (χ1n) is 7.75. The molecule has 2 bridgehead atoms. The van der Waals surface area contributed by atoms with Gasteiger partial charge in [-0.25, -0.2) is 0 Å². The minimum Gasteiger partial charge on any atom is -0.373 e. The number of hydrogen-bond donors (Lipinski definition) is 0. The van der Waals surface area contributed by atoms with Crippen molar-refractivity contribution in [3.63, 3.8) is 0 Å². The molecule has 2 heterocycles. The Labute approximate surface area is 122 Å². The molecule has 2 aliphatic heterocycles. The zero-order valence-electron chi connectivity index (χ0n) is 13.1. The Kier molecular flexibility index (Phi) is 3.42. The van der Waals surface area contributed by atoms with Crippen molar-refractivity contribution in [1.29, 1.82) is 0 Å². The van der Waals surface area contributed by atoms with Crippen molar-refractivity contribution in [3.05, 3.63) is 35.4 Å². The molecule has 20 heavy (non-hydrogen) atoms. The molecule has 2 heteroatoms. The third-order valence-corrected chi connectivity index (χ3v) is 5.01. The molecule has 2 saturated heterocycles. The quantitative estimate of drug-likeness (QED) is 0.820. The van der Waals surface area contributed by atoms with Crippen LogP contribution in [0, 0.1) is 12.8 Å². The van der Waals surface area contributed by atoms with Crippen LogP contribution in [0.4, 0.5) is 0 Å². The highest BCUT2D eigenvalue weighted by Gasteiger charge is 2.53. The van der Waals surface area contributed by atoms with Gasteiger partial charge in [0.2, 0.25) is 0 Å².